The first-order valence-corrected chi connectivity index (χ1v) is 5.89. The molecule has 0 bridgehead atoms. The van der Waals surface area contributed by atoms with Crippen LogP contribution in [-0.2, 0) is 0 Å². The van der Waals surface area contributed by atoms with Crippen molar-refractivity contribution >= 4 is 21.8 Å². The van der Waals surface area contributed by atoms with E-state index in [1.165, 1.54) is 0 Å². The quantitative estimate of drug-likeness (QED) is 0.659. The van der Waals surface area contributed by atoms with Crippen molar-refractivity contribution in [2.75, 3.05) is 19.0 Å². The van der Waals surface area contributed by atoms with E-state index in [4.69, 9.17) is 4.74 Å². The normalized spacial score (nSPS) is 9.73. The van der Waals surface area contributed by atoms with Gasteiger partial charge >= 0.3 is 0 Å². The lowest BCUT2D eigenvalue weighted by Crippen LogP contribution is -2.25. The fraction of sp³-hybridized carbons (Fsp3) is 0.364. The number of carbonyl (C=O) groups is 1. The second kappa shape index (κ2) is 6.45. The van der Waals surface area contributed by atoms with Crippen molar-refractivity contribution < 1.29 is 9.53 Å². The summed E-state index contributed by atoms with van der Waals surface area (Å²) in [5.41, 5.74) is 0.578. The summed E-state index contributed by atoms with van der Waals surface area (Å²) in [6.07, 6.45) is 0.918. The lowest BCUT2D eigenvalue weighted by atomic mass is 10.2. The summed E-state index contributed by atoms with van der Waals surface area (Å²) in [4.78, 5) is 11.7. The van der Waals surface area contributed by atoms with Crippen molar-refractivity contribution in [1.82, 2.24) is 5.32 Å². The number of halogens is 1. The van der Waals surface area contributed by atoms with Gasteiger partial charge in [-0.2, -0.15) is 0 Å². The van der Waals surface area contributed by atoms with Gasteiger partial charge in [-0.15, -0.1) is 0 Å². The Labute approximate surface area is 97.9 Å². The van der Waals surface area contributed by atoms with Crippen molar-refractivity contribution in [3.8, 4) is 5.75 Å². The van der Waals surface area contributed by atoms with Crippen molar-refractivity contribution in [2.45, 2.75) is 6.42 Å². The van der Waals surface area contributed by atoms with E-state index in [-0.39, 0.29) is 5.91 Å². The van der Waals surface area contributed by atoms with Gasteiger partial charge in [-0.3, -0.25) is 4.79 Å². The molecular formula is C11H14BrNO2. The zero-order chi connectivity index (χ0) is 11.1. The van der Waals surface area contributed by atoms with Crippen LogP contribution in [0.15, 0.2) is 24.3 Å². The number of carbonyl (C=O) groups excluding carboxylic acids is 1. The van der Waals surface area contributed by atoms with Gasteiger partial charge in [0.25, 0.3) is 5.91 Å². The average molecular weight is 272 g/mol. The Morgan fingerprint density at radius 3 is 2.87 bits per heavy atom. The minimum absolute atomic E-state index is 0.0894. The highest BCUT2D eigenvalue weighted by Gasteiger charge is 2.09. The van der Waals surface area contributed by atoms with Gasteiger partial charge in [0, 0.05) is 11.9 Å². The second-order valence-electron chi connectivity index (χ2n) is 3.00. The summed E-state index contributed by atoms with van der Waals surface area (Å²) < 4.78 is 5.10. The Morgan fingerprint density at radius 2 is 2.20 bits per heavy atom. The summed E-state index contributed by atoms with van der Waals surface area (Å²) in [6.45, 7) is 0.669. The standard InChI is InChI=1S/C11H14BrNO2/c1-15-10-6-3-2-5-9(10)11(14)13-8-4-7-12/h2-3,5-6H,4,7-8H2,1H3,(H,13,14). The highest BCUT2D eigenvalue weighted by Crippen LogP contribution is 2.16. The highest BCUT2D eigenvalue weighted by atomic mass is 79.9. The summed E-state index contributed by atoms with van der Waals surface area (Å²) >= 11 is 3.31. The molecule has 1 rings (SSSR count). The van der Waals surface area contributed by atoms with Crippen molar-refractivity contribution in [3.05, 3.63) is 29.8 Å². The largest absolute Gasteiger partial charge is 0.496 e. The number of nitrogens with one attached hydrogen (secondary N) is 1. The molecule has 0 aliphatic carbocycles. The Bertz CT molecular complexity index is 328. The number of ether oxygens (including phenoxy) is 1. The lowest BCUT2D eigenvalue weighted by molar-refractivity contribution is 0.0951. The smallest absolute Gasteiger partial charge is 0.255 e. The van der Waals surface area contributed by atoms with Gasteiger partial charge in [0.15, 0.2) is 0 Å². The number of benzene rings is 1. The fourth-order valence-electron chi connectivity index (χ4n) is 1.20. The molecule has 0 unspecified atom stereocenters. The molecule has 0 fully saturated rings. The number of methoxy groups -OCH3 is 1. The molecule has 1 aromatic rings. The van der Waals surface area contributed by atoms with Crippen LogP contribution in [0.1, 0.15) is 16.8 Å². The van der Waals surface area contributed by atoms with Gasteiger partial charge in [0.2, 0.25) is 0 Å². The minimum atomic E-state index is -0.0894. The molecule has 3 nitrogen and oxygen atoms in total. The predicted molar refractivity (Wildman–Crippen MR) is 63.7 cm³/mol. The SMILES string of the molecule is COc1ccccc1C(=O)NCCCBr. The molecule has 0 aromatic heterocycles. The van der Waals surface area contributed by atoms with Crippen LogP contribution in [0, 0.1) is 0 Å². The van der Waals surface area contributed by atoms with Crippen LogP contribution in [0.2, 0.25) is 0 Å². The third kappa shape index (κ3) is 3.55. The first kappa shape index (κ1) is 12.0. The molecule has 0 aliphatic rings. The van der Waals surface area contributed by atoms with Crippen molar-refractivity contribution in [1.29, 1.82) is 0 Å². The van der Waals surface area contributed by atoms with Crippen LogP contribution >= 0.6 is 15.9 Å². The number of alkyl halides is 1. The Hall–Kier alpha value is -1.03. The van der Waals surface area contributed by atoms with Crippen LogP contribution in [0.4, 0.5) is 0 Å². The summed E-state index contributed by atoms with van der Waals surface area (Å²) in [7, 11) is 1.56. The fourth-order valence-corrected chi connectivity index (χ4v) is 1.48. The highest BCUT2D eigenvalue weighted by molar-refractivity contribution is 9.09. The molecule has 0 saturated carbocycles. The van der Waals surface area contributed by atoms with Crippen LogP contribution in [0.25, 0.3) is 0 Å². The molecular weight excluding hydrogens is 258 g/mol. The van der Waals surface area contributed by atoms with Crippen LogP contribution in [-0.4, -0.2) is 24.9 Å². The number of rotatable bonds is 5. The molecule has 1 amide bonds. The van der Waals surface area contributed by atoms with Crippen LogP contribution in [0.3, 0.4) is 0 Å². The molecule has 4 heteroatoms. The van der Waals surface area contributed by atoms with Gasteiger partial charge < -0.3 is 10.1 Å². The van der Waals surface area contributed by atoms with E-state index in [0.717, 1.165) is 11.8 Å². The Kier molecular flexibility index (Phi) is 5.18. The van der Waals surface area contributed by atoms with E-state index >= 15 is 0 Å². The molecule has 0 radical (unpaired) electrons. The average Bonchev–Trinajstić information content (AvgIpc) is 2.29. The molecule has 0 saturated heterocycles. The van der Waals surface area contributed by atoms with E-state index in [1.54, 1.807) is 19.2 Å². The molecule has 0 heterocycles. The zero-order valence-corrected chi connectivity index (χ0v) is 10.2. The number of para-hydroxylation sites is 1. The first-order valence-electron chi connectivity index (χ1n) is 4.76. The second-order valence-corrected chi connectivity index (χ2v) is 3.79. The van der Waals surface area contributed by atoms with E-state index < -0.39 is 0 Å². The molecule has 0 aliphatic heterocycles. The van der Waals surface area contributed by atoms with E-state index in [0.29, 0.717) is 17.9 Å². The van der Waals surface area contributed by atoms with E-state index in [1.807, 2.05) is 12.1 Å². The molecule has 1 aromatic carbocycles. The summed E-state index contributed by atoms with van der Waals surface area (Å²) in [5, 5.41) is 3.71. The van der Waals surface area contributed by atoms with Crippen LogP contribution in [0.5, 0.6) is 5.75 Å². The molecule has 82 valence electrons. The summed E-state index contributed by atoms with van der Waals surface area (Å²) in [6, 6.07) is 7.19. The topological polar surface area (TPSA) is 38.3 Å². The predicted octanol–water partition coefficient (Wildman–Crippen LogP) is 2.21. The van der Waals surface area contributed by atoms with Crippen molar-refractivity contribution in [3.63, 3.8) is 0 Å². The number of amides is 1. The maximum Gasteiger partial charge on any atom is 0.255 e. The van der Waals surface area contributed by atoms with Crippen LogP contribution < -0.4 is 10.1 Å². The van der Waals surface area contributed by atoms with E-state index in [9.17, 15) is 4.79 Å². The first-order chi connectivity index (χ1) is 7.29. The third-order valence-corrected chi connectivity index (χ3v) is 2.51. The van der Waals surface area contributed by atoms with Gasteiger partial charge in [-0.05, 0) is 18.6 Å². The monoisotopic (exact) mass is 271 g/mol. The van der Waals surface area contributed by atoms with Gasteiger partial charge in [-0.1, -0.05) is 28.1 Å². The van der Waals surface area contributed by atoms with Gasteiger partial charge in [-0.25, -0.2) is 0 Å². The van der Waals surface area contributed by atoms with Crippen molar-refractivity contribution in [2.24, 2.45) is 0 Å². The maximum atomic E-state index is 11.7. The molecule has 1 N–H and O–H groups in total. The van der Waals surface area contributed by atoms with Gasteiger partial charge in [0.05, 0.1) is 12.7 Å². The maximum absolute atomic E-state index is 11.7. The minimum Gasteiger partial charge on any atom is -0.496 e. The summed E-state index contributed by atoms with van der Waals surface area (Å²) in [5.74, 6) is 0.516. The Morgan fingerprint density at radius 1 is 1.47 bits per heavy atom. The number of hydrogen-bond acceptors (Lipinski definition) is 2. The van der Waals surface area contributed by atoms with Gasteiger partial charge in [0.1, 0.15) is 5.75 Å². The molecule has 0 spiro atoms. The Balaban J connectivity index is 2.64. The lowest BCUT2D eigenvalue weighted by Gasteiger charge is -2.08. The third-order valence-electron chi connectivity index (χ3n) is 1.95. The number of hydrogen-bond donors (Lipinski definition) is 1. The molecule has 15 heavy (non-hydrogen) atoms. The van der Waals surface area contributed by atoms with E-state index in [2.05, 4.69) is 21.2 Å². The molecule has 0 atom stereocenters. The zero-order valence-electron chi connectivity index (χ0n) is 8.63.